The summed E-state index contributed by atoms with van der Waals surface area (Å²) < 4.78 is 57.0. The zero-order valence-corrected chi connectivity index (χ0v) is 14.6. The number of halogens is 4. The van der Waals surface area contributed by atoms with Gasteiger partial charge in [0.25, 0.3) is 0 Å². The van der Waals surface area contributed by atoms with Gasteiger partial charge in [0, 0.05) is 0 Å². The van der Waals surface area contributed by atoms with E-state index in [-0.39, 0.29) is 6.61 Å². The molecule has 6 heteroatoms. The Balaban J connectivity index is 2.32. The van der Waals surface area contributed by atoms with Gasteiger partial charge in [0.15, 0.2) is 0 Å². The molecule has 0 aromatic heterocycles. The number of esters is 1. The third kappa shape index (κ3) is 7.88. The number of rotatable bonds is 11. The molecule has 1 aromatic carbocycles. The second-order valence-corrected chi connectivity index (χ2v) is 6.12. The first-order valence-electron chi connectivity index (χ1n) is 8.90. The zero-order chi connectivity index (χ0) is 18.7. The highest BCUT2D eigenvalue weighted by Crippen LogP contribution is 2.33. The van der Waals surface area contributed by atoms with E-state index >= 15 is 0 Å². The predicted molar refractivity (Wildman–Crippen MR) is 88.9 cm³/mol. The Hall–Kier alpha value is -1.59. The lowest BCUT2D eigenvalue weighted by molar-refractivity contribution is -0.138. The molecule has 0 saturated carbocycles. The summed E-state index contributed by atoms with van der Waals surface area (Å²) in [6.07, 6.45) is 4.81. The van der Waals surface area contributed by atoms with E-state index in [4.69, 9.17) is 4.74 Å². The van der Waals surface area contributed by atoms with Gasteiger partial charge in [0.05, 0.1) is 12.2 Å². The standard InChI is InChI=1S/C19H26F4O2/c1-2-3-4-5-6-7-8-9-10-14-25-18(24)17-15(19(21,22)23)12-11-13-16(17)20/h11-13H,2-10,14H2,1H3. The monoisotopic (exact) mass is 362 g/mol. The van der Waals surface area contributed by atoms with Gasteiger partial charge in [-0.15, -0.1) is 0 Å². The second kappa shape index (κ2) is 11.1. The summed E-state index contributed by atoms with van der Waals surface area (Å²) >= 11 is 0. The van der Waals surface area contributed by atoms with E-state index in [2.05, 4.69) is 6.92 Å². The molecule has 0 unspecified atom stereocenters. The van der Waals surface area contributed by atoms with E-state index in [1.165, 1.54) is 32.1 Å². The van der Waals surface area contributed by atoms with Crippen LogP contribution < -0.4 is 0 Å². The van der Waals surface area contributed by atoms with Gasteiger partial charge in [-0.1, -0.05) is 64.4 Å². The van der Waals surface area contributed by atoms with Crippen LogP contribution in [0.4, 0.5) is 17.6 Å². The summed E-state index contributed by atoms with van der Waals surface area (Å²) in [7, 11) is 0. The molecule has 142 valence electrons. The highest BCUT2D eigenvalue weighted by Gasteiger charge is 2.37. The fraction of sp³-hybridized carbons (Fsp3) is 0.632. The zero-order valence-electron chi connectivity index (χ0n) is 14.6. The molecule has 0 atom stereocenters. The maximum Gasteiger partial charge on any atom is 0.417 e. The fourth-order valence-electron chi connectivity index (χ4n) is 2.62. The molecule has 0 amide bonds. The van der Waals surface area contributed by atoms with Crippen molar-refractivity contribution in [3.8, 4) is 0 Å². The number of carbonyl (C=O) groups excluding carboxylic acids is 1. The summed E-state index contributed by atoms with van der Waals surface area (Å²) in [4.78, 5) is 11.8. The van der Waals surface area contributed by atoms with Crippen molar-refractivity contribution < 1.29 is 27.1 Å². The van der Waals surface area contributed by atoms with Gasteiger partial charge in [-0.25, -0.2) is 9.18 Å². The molecule has 0 radical (unpaired) electrons. The van der Waals surface area contributed by atoms with Crippen LogP contribution in [-0.4, -0.2) is 12.6 Å². The summed E-state index contributed by atoms with van der Waals surface area (Å²) in [5, 5.41) is 0. The Bertz CT molecular complexity index is 527. The maximum atomic E-state index is 13.6. The minimum atomic E-state index is -4.80. The minimum Gasteiger partial charge on any atom is -0.462 e. The van der Waals surface area contributed by atoms with Crippen LogP contribution in [0.1, 0.15) is 80.6 Å². The lowest BCUT2D eigenvalue weighted by Gasteiger charge is -2.13. The number of unbranched alkanes of at least 4 members (excludes halogenated alkanes) is 8. The smallest absolute Gasteiger partial charge is 0.417 e. The van der Waals surface area contributed by atoms with E-state index < -0.39 is 29.1 Å². The molecule has 2 nitrogen and oxygen atoms in total. The molecule has 0 aliphatic heterocycles. The highest BCUT2D eigenvalue weighted by atomic mass is 19.4. The van der Waals surface area contributed by atoms with Gasteiger partial charge in [0.2, 0.25) is 0 Å². The minimum absolute atomic E-state index is 0.000297. The van der Waals surface area contributed by atoms with Crippen LogP contribution in [-0.2, 0) is 10.9 Å². The van der Waals surface area contributed by atoms with Crippen molar-refractivity contribution in [2.75, 3.05) is 6.61 Å². The topological polar surface area (TPSA) is 26.3 Å². The van der Waals surface area contributed by atoms with Gasteiger partial charge < -0.3 is 4.74 Å². The number of hydrogen-bond acceptors (Lipinski definition) is 2. The molecule has 0 saturated heterocycles. The quantitative estimate of drug-likeness (QED) is 0.254. The molecule has 25 heavy (non-hydrogen) atoms. The molecule has 0 fully saturated rings. The van der Waals surface area contributed by atoms with Crippen molar-refractivity contribution in [2.45, 2.75) is 70.9 Å². The average Bonchev–Trinajstić information content (AvgIpc) is 2.55. The van der Waals surface area contributed by atoms with Crippen LogP contribution in [0.15, 0.2) is 18.2 Å². The van der Waals surface area contributed by atoms with Crippen molar-refractivity contribution in [1.82, 2.24) is 0 Å². The number of hydrogen-bond donors (Lipinski definition) is 0. The summed E-state index contributed by atoms with van der Waals surface area (Å²) in [6.45, 7) is 2.17. The Morgan fingerprint density at radius 2 is 1.52 bits per heavy atom. The Labute approximate surface area is 146 Å². The summed E-state index contributed by atoms with van der Waals surface area (Å²) in [6, 6.07) is 2.43. The van der Waals surface area contributed by atoms with Gasteiger partial charge in [-0.3, -0.25) is 0 Å². The van der Waals surface area contributed by atoms with Crippen molar-refractivity contribution in [3.05, 3.63) is 35.1 Å². The van der Waals surface area contributed by atoms with E-state index in [0.717, 1.165) is 31.4 Å². The van der Waals surface area contributed by atoms with Crippen LogP contribution in [0, 0.1) is 5.82 Å². The van der Waals surface area contributed by atoms with Crippen LogP contribution in [0.25, 0.3) is 0 Å². The van der Waals surface area contributed by atoms with Crippen molar-refractivity contribution >= 4 is 5.97 Å². The second-order valence-electron chi connectivity index (χ2n) is 6.12. The number of alkyl halides is 3. The SMILES string of the molecule is CCCCCCCCCCCOC(=O)c1c(F)cccc1C(F)(F)F. The van der Waals surface area contributed by atoms with Gasteiger partial charge >= 0.3 is 12.1 Å². The van der Waals surface area contributed by atoms with Crippen LogP contribution in [0.2, 0.25) is 0 Å². The van der Waals surface area contributed by atoms with Gasteiger partial charge in [-0.2, -0.15) is 13.2 Å². The third-order valence-corrected chi connectivity index (χ3v) is 4.00. The lowest BCUT2D eigenvalue weighted by atomic mass is 10.1. The lowest BCUT2D eigenvalue weighted by Crippen LogP contribution is -2.17. The fourth-order valence-corrected chi connectivity index (χ4v) is 2.62. The third-order valence-electron chi connectivity index (χ3n) is 4.00. The first-order valence-corrected chi connectivity index (χ1v) is 8.90. The molecule has 0 heterocycles. The molecule has 0 aliphatic rings. The summed E-state index contributed by atoms with van der Waals surface area (Å²) in [5.41, 5.74) is -2.34. The van der Waals surface area contributed by atoms with E-state index in [1.807, 2.05) is 0 Å². The van der Waals surface area contributed by atoms with Crippen molar-refractivity contribution in [3.63, 3.8) is 0 Å². The molecule has 1 rings (SSSR count). The van der Waals surface area contributed by atoms with E-state index in [9.17, 15) is 22.4 Å². The Morgan fingerprint density at radius 3 is 2.08 bits per heavy atom. The number of benzene rings is 1. The first kappa shape index (κ1) is 21.5. The van der Waals surface area contributed by atoms with Crippen molar-refractivity contribution in [1.29, 1.82) is 0 Å². The molecular formula is C19H26F4O2. The number of carbonyl (C=O) groups is 1. The molecule has 1 aromatic rings. The molecule has 0 aliphatic carbocycles. The summed E-state index contributed by atoms with van der Waals surface area (Å²) in [5.74, 6) is -2.48. The predicted octanol–water partition coefficient (Wildman–Crippen LogP) is 6.53. The Morgan fingerprint density at radius 1 is 0.960 bits per heavy atom. The van der Waals surface area contributed by atoms with E-state index in [1.54, 1.807) is 0 Å². The normalized spacial score (nSPS) is 11.6. The first-order chi connectivity index (χ1) is 11.9. The van der Waals surface area contributed by atoms with Crippen LogP contribution in [0.5, 0.6) is 0 Å². The largest absolute Gasteiger partial charge is 0.462 e. The Kier molecular flexibility index (Phi) is 9.53. The molecule has 0 N–H and O–H groups in total. The molecular weight excluding hydrogens is 336 g/mol. The maximum absolute atomic E-state index is 13.6. The van der Waals surface area contributed by atoms with Crippen LogP contribution in [0.3, 0.4) is 0 Å². The average molecular weight is 362 g/mol. The number of ether oxygens (including phenoxy) is 1. The van der Waals surface area contributed by atoms with Gasteiger partial charge in [0.1, 0.15) is 11.4 Å². The molecule has 0 bridgehead atoms. The van der Waals surface area contributed by atoms with E-state index in [0.29, 0.717) is 12.5 Å². The highest BCUT2D eigenvalue weighted by molar-refractivity contribution is 5.91. The molecule has 0 spiro atoms. The van der Waals surface area contributed by atoms with Crippen molar-refractivity contribution in [2.24, 2.45) is 0 Å². The van der Waals surface area contributed by atoms with Gasteiger partial charge in [-0.05, 0) is 18.6 Å². The van der Waals surface area contributed by atoms with Crippen LogP contribution >= 0.6 is 0 Å².